The molecule has 2 amide bonds. The molecule has 0 radical (unpaired) electrons. The van der Waals surface area contributed by atoms with Crippen LogP contribution in [0.25, 0.3) is 11.1 Å². The summed E-state index contributed by atoms with van der Waals surface area (Å²) in [6.07, 6.45) is 3.33. The van der Waals surface area contributed by atoms with Crippen molar-refractivity contribution in [1.29, 1.82) is 0 Å². The molecule has 0 aliphatic carbocycles. The van der Waals surface area contributed by atoms with E-state index in [2.05, 4.69) is 15.6 Å². The molecule has 2 aromatic heterocycles. The second-order valence-corrected chi connectivity index (χ2v) is 10.5. The van der Waals surface area contributed by atoms with Crippen LogP contribution in [0.3, 0.4) is 0 Å². The van der Waals surface area contributed by atoms with Crippen LogP contribution < -0.4 is 16.2 Å². The Balaban J connectivity index is 1.61. The number of nitrogens with zero attached hydrogens (tertiary/aromatic N) is 3. The zero-order valence-electron chi connectivity index (χ0n) is 24.1. The predicted molar refractivity (Wildman–Crippen MR) is 152 cm³/mol. The fraction of sp³-hybridized carbons (Fsp3) is 0.400. The van der Waals surface area contributed by atoms with Crippen LogP contribution in [0.4, 0.5) is 19.0 Å². The number of hydrogen-bond donors (Lipinski definition) is 2. The summed E-state index contributed by atoms with van der Waals surface area (Å²) in [7, 11) is 3.15. The number of methoxy groups -OCH3 is 1. The zero-order valence-corrected chi connectivity index (χ0v) is 24.1. The molecule has 12 heteroatoms. The van der Waals surface area contributed by atoms with Gasteiger partial charge in [0, 0.05) is 44.7 Å². The van der Waals surface area contributed by atoms with Gasteiger partial charge in [0.05, 0.1) is 24.8 Å². The van der Waals surface area contributed by atoms with Crippen LogP contribution in [0.5, 0.6) is 0 Å². The smallest absolute Gasteiger partial charge is 0.282 e. The molecule has 2 N–H and O–H groups in total. The molecule has 4 rings (SSSR count). The van der Waals surface area contributed by atoms with Gasteiger partial charge in [0.25, 0.3) is 23.3 Å². The molecule has 0 spiro atoms. The maximum Gasteiger partial charge on any atom is 0.282 e. The SMILES string of the molecule is CCc1cc(F)c(-c2ccnc(NC(=O)c3cc(CN[C@@H](C)[C@H](C)OC)cn(C)c3=O)c2)c(C(=O)N2CC(F)(F)C2)c1. The van der Waals surface area contributed by atoms with Crippen molar-refractivity contribution in [3.8, 4) is 11.1 Å². The molecule has 0 saturated carbocycles. The van der Waals surface area contributed by atoms with Crippen LogP contribution in [-0.2, 0) is 24.8 Å². The minimum Gasteiger partial charge on any atom is -0.380 e. The monoisotopic (exact) mass is 585 g/mol. The molecule has 9 nitrogen and oxygen atoms in total. The molecule has 0 bridgehead atoms. The van der Waals surface area contributed by atoms with Crippen LogP contribution in [0, 0.1) is 5.82 Å². The molecule has 3 heterocycles. The summed E-state index contributed by atoms with van der Waals surface area (Å²) in [6.45, 7) is 4.56. The highest BCUT2D eigenvalue weighted by molar-refractivity contribution is 6.04. The molecule has 1 saturated heterocycles. The number of alkyl halides is 2. The second-order valence-electron chi connectivity index (χ2n) is 10.5. The minimum atomic E-state index is -2.98. The highest BCUT2D eigenvalue weighted by Gasteiger charge is 2.47. The Labute approximate surface area is 241 Å². The third-order valence-electron chi connectivity index (χ3n) is 7.40. The highest BCUT2D eigenvalue weighted by atomic mass is 19.3. The number of pyridine rings is 2. The quantitative estimate of drug-likeness (QED) is 0.373. The molecule has 1 aliphatic heterocycles. The van der Waals surface area contributed by atoms with Crippen molar-refractivity contribution in [3.05, 3.63) is 81.2 Å². The van der Waals surface area contributed by atoms with Gasteiger partial charge in [0.15, 0.2) is 0 Å². The molecular formula is C30H34F3N5O4. The Morgan fingerprint density at radius 1 is 1.12 bits per heavy atom. The molecule has 3 aromatic rings. The Morgan fingerprint density at radius 2 is 1.81 bits per heavy atom. The highest BCUT2D eigenvalue weighted by Crippen LogP contribution is 2.34. The van der Waals surface area contributed by atoms with Gasteiger partial charge in [-0.2, -0.15) is 0 Å². The lowest BCUT2D eigenvalue weighted by molar-refractivity contribution is -0.113. The number of anilines is 1. The summed E-state index contributed by atoms with van der Waals surface area (Å²) >= 11 is 0. The van der Waals surface area contributed by atoms with Gasteiger partial charge in [-0.1, -0.05) is 6.92 Å². The van der Waals surface area contributed by atoms with Gasteiger partial charge in [0.2, 0.25) is 0 Å². The Bertz CT molecular complexity index is 1550. The first-order valence-electron chi connectivity index (χ1n) is 13.6. The van der Waals surface area contributed by atoms with E-state index < -0.39 is 42.2 Å². The van der Waals surface area contributed by atoms with Crippen molar-refractivity contribution < 1.29 is 27.5 Å². The fourth-order valence-corrected chi connectivity index (χ4v) is 4.68. The summed E-state index contributed by atoms with van der Waals surface area (Å²) in [5, 5.41) is 5.88. The van der Waals surface area contributed by atoms with Gasteiger partial charge in [-0.25, -0.2) is 18.2 Å². The lowest BCUT2D eigenvalue weighted by atomic mass is 9.94. The van der Waals surface area contributed by atoms with Crippen LogP contribution in [0.15, 0.2) is 47.5 Å². The van der Waals surface area contributed by atoms with Crippen LogP contribution in [0.2, 0.25) is 0 Å². The lowest BCUT2D eigenvalue weighted by Gasteiger charge is -2.39. The maximum atomic E-state index is 15.4. The third kappa shape index (κ3) is 6.71. The number of halogens is 3. The van der Waals surface area contributed by atoms with Crippen molar-refractivity contribution in [2.75, 3.05) is 25.5 Å². The van der Waals surface area contributed by atoms with Gasteiger partial charge in [-0.05, 0) is 67.3 Å². The van der Waals surface area contributed by atoms with E-state index in [4.69, 9.17) is 4.74 Å². The summed E-state index contributed by atoms with van der Waals surface area (Å²) in [4.78, 5) is 44.2. The second kappa shape index (κ2) is 12.5. The number of ether oxygens (including phenoxy) is 1. The van der Waals surface area contributed by atoms with Crippen molar-refractivity contribution in [2.45, 2.75) is 51.8 Å². The molecule has 42 heavy (non-hydrogen) atoms. The number of aromatic nitrogens is 2. The van der Waals surface area contributed by atoms with E-state index in [0.29, 0.717) is 24.1 Å². The van der Waals surface area contributed by atoms with Gasteiger partial charge in [-0.15, -0.1) is 0 Å². The summed E-state index contributed by atoms with van der Waals surface area (Å²) < 4.78 is 49.0. The van der Waals surface area contributed by atoms with E-state index in [1.807, 2.05) is 13.8 Å². The molecule has 1 aliphatic rings. The fourth-order valence-electron chi connectivity index (χ4n) is 4.68. The number of benzene rings is 1. The number of carbonyl (C=O) groups is 2. The molecule has 0 unspecified atom stereocenters. The maximum absolute atomic E-state index is 15.4. The van der Waals surface area contributed by atoms with E-state index in [9.17, 15) is 23.2 Å². The van der Waals surface area contributed by atoms with Crippen LogP contribution in [0.1, 0.15) is 52.6 Å². The van der Waals surface area contributed by atoms with E-state index in [1.165, 1.54) is 48.1 Å². The predicted octanol–water partition coefficient (Wildman–Crippen LogP) is 4.01. The van der Waals surface area contributed by atoms with Gasteiger partial charge < -0.3 is 24.8 Å². The summed E-state index contributed by atoms with van der Waals surface area (Å²) in [6, 6.07) is 7.10. The van der Waals surface area contributed by atoms with Crippen LogP contribution in [-0.4, -0.2) is 64.5 Å². The molecule has 1 fully saturated rings. The first-order valence-corrected chi connectivity index (χ1v) is 13.6. The Morgan fingerprint density at radius 3 is 2.45 bits per heavy atom. The Hall–Kier alpha value is -4.03. The van der Waals surface area contributed by atoms with Crippen molar-refractivity contribution in [3.63, 3.8) is 0 Å². The standard InChI is InChI=1S/C30H34F3N5O4/c1-6-19-9-22(29(41)38-15-30(32,33)16-38)26(24(31)11-19)21-7-8-34-25(12-21)36-27(39)23-10-20(14-37(4)28(23)40)13-35-17(2)18(3)42-5/h7-12,14,17-18,35H,6,13,15-16H2,1-5H3,(H,34,36,39)/t17-,18-/m0/s1. The van der Waals surface area contributed by atoms with E-state index in [-0.39, 0.29) is 40.2 Å². The molecule has 1 aromatic carbocycles. The van der Waals surface area contributed by atoms with Crippen molar-refractivity contribution in [1.82, 2.24) is 19.8 Å². The number of carbonyl (C=O) groups excluding carboxylic acids is 2. The molecule has 2 atom stereocenters. The van der Waals surface area contributed by atoms with Gasteiger partial charge in [0.1, 0.15) is 17.2 Å². The number of rotatable bonds is 10. The largest absolute Gasteiger partial charge is 0.380 e. The topological polar surface area (TPSA) is 106 Å². The molecular weight excluding hydrogens is 551 g/mol. The van der Waals surface area contributed by atoms with E-state index >= 15 is 4.39 Å². The van der Waals surface area contributed by atoms with Gasteiger partial charge >= 0.3 is 0 Å². The zero-order chi connectivity index (χ0) is 30.8. The third-order valence-corrected chi connectivity index (χ3v) is 7.40. The number of aryl methyl sites for hydroxylation is 2. The van der Waals surface area contributed by atoms with Crippen molar-refractivity contribution >= 4 is 17.6 Å². The molecule has 224 valence electrons. The van der Waals surface area contributed by atoms with Gasteiger partial charge in [-0.3, -0.25) is 14.4 Å². The number of amides is 2. The first-order chi connectivity index (χ1) is 19.8. The lowest BCUT2D eigenvalue weighted by Crippen LogP contribution is -2.58. The minimum absolute atomic E-state index is 0.0117. The number of hydrogen-bond acceptors (Lipinski definition) is 6. The number of likely N-dealkylation sites (tertiary alicyclic amines) is 1. The first kappa shape index (κ1) is 30.9. The number of nitrogens with one attached hydrogen (secondary N) is 2. The Kier molecular flexibility index (Phi) is 9.17. The van der Waals surface area contributed by atoms with Crippen LogP contribution >= 0.6 is 0 Å². The average Bonchev–Trinajstić information content (AvgIpc) is 2.94. The summed E-state index contributed by atoms with van der Waals surface area (Å²) in [5.74, 6) is -5.11. The van der Waals surface area contributed by atoms with E-state index in [0.717, 1.165) is 4.90 Å². The van der Waals surface area contributed by atoms with Crippen molar-refractivity contribution in [2.24, 2.45) is 7.05 Å². The summed E-state index contributed by atoms with van der Waals surface area (Å²) in [5.41, 5.74) is 0.646. The normalized spacial score (nSPS) is 15.6. The van der Waals surface area contributed by atoms with E-state index in [1.54, 1.807) is 20.2 Å². The average molecular weight is 586 g/mol.